The summed E-state index contributed by atoms with van der Waals surface area (Å²) in [5.74, 6) is -1.00. The zero-order valence-corrected chi connectivity index (χ0v) is 33.6. The molecule has 0 aliphatic heterocycles. The van der Waals surface area contributed by atoms with Gasteiger partial charge in [0.15, 0.2) is 0 Å². The molecule has 2 unspecified atom stereocenters. The Morgan fingerprint density at radius 1 is 0.520 bits per heavy atom. The van der Waals surface area contributed by atoms with Crippen LogP contribution >= 0.6 is 0 Å². The van der Waals surface area contributed by atoms with Crippen molar-refractivity contribution in [2.45, 2.75) is 225 Å². The minimum absolute atomic E-state index is 0.288. The van der Waals surface area contributed by atoms with E-state index in [1.54, 1.807) is 6.08 Å². The molecule has 294 valence electrons. The van der Waals surface area contributed by atoms with Gasteiger partial charge < -0.3 is 10.4 Å². The van der Waals surface area contributed by atoms with Gasteiger partial charge in [0.2, 0.25) is 5.91 Å². The summed E-state index contributed by atoms with van der Waals surface area (Å²) < 4.78 is 32.5. The first kappa shape index (κ1) is 48.6. The Labute approximate surface area is 310 Å². The van der Waals surface area contributed by atoms with E-state index in [4.69, 9.17) is 0 Å². The van der Waals surface area contributed by atoms with E-state index in [0.29, 0.717) is 6.42 Å². The van der Waals surface area contributed by atoms with Crippen LogP contribution in [0.2, 0.25) is 0 Å². The van der Waals surface area contributed by atoms with Crippen LogP contribution < -0.4 is 5.32 Å². The predicted molar refractivity (Wildman–Crippen MR) is 216 cm³/mol. The lowest BCUT2D eigenvalue weighted by atomic mass is 10.0. The van der Waals surface area contributed by atoms with E-state index >= 15 is 0 Å². The molecule has 0 bridgehead atoms. The number of aliphatic hydroxyl groups is 1. The molecular formula is C43H81NO5S. The molecule has 3 N–H and O–H groups in total. The van der Waals surface area contributed by atoms with Crippen LogP contribution in [0.3, 0.4) is 0 Å². The van der Waals surface area contributed by atoms with Crippen LogP contribution in [0.25, 0.3) is 0 Å². The van der Waals surface area contributed by atoms with Gasteiger partial charge in [-0.05, 0) is 44.9 Å². The molecule has 0 spiro atoms. The van der Waals surface area contributed by atoms with Gasteiger partial charge in [-0.15, -0.1) is 0 Å². The van der Waals surface area contributed by atoms with Crippen LogP contribution in [0.1, 0.15) is 213 Å². The van der Waals surface area contributed by atoms with Gasteiger partial charge in [0.05, 0.1) is 17.9 Å². The number of unbranched alkanes of at least 4 members (excludes halogenated alkanes) is 26. The fraction of sp³-hybridized carbons (Fsp3) is 0.837. The van der Waals surface area contributed by atoms with Crippen LogP contribution in [-0.2, 0) is 14.9 Å². The highest BCUT2D eigenvalue weighted by molar-refractivity contribution is 7.85. The third-order valence-corrected chi connectivity index (χ3v) is 10.3. The number of amides is 1. The van der Waals surface area contributed by atoms with Crippen molar-refractivity contribution in [2.75, 3.05) is 5.75 Å². The van der Waals surface area contributed by atoms with E-state index in [2.05, 4.69) is 43.5 Å². The summed E-state index contributed by atoms with van der Waals surface area (Å²) in [6.07, 6.45) is 48.5. The molecule has 50 heavy (non-hydrogen) atoms. The first-order chi connectivity index (χ1) is 24.3. The molecule has 1 amide bonds. The van der Waals surface area contributed by atoms with Crippen molar-refractivity contribution in [1.82, 2.24) is 5.32 Å². The average Bonchev–Trinajstić information content (AvgIpc) is 3.08. The van der Waals surface area contributed by atoms with Crippen LogP contribution in [0.5, 0.6) is 0 Å². The lowest BCUT2D eigenvalue weighted by Crippen LogP contribution is -2.46. The molecule has 0 aromatic rings. The molecule has 0 saturated heterocycles. The maximum absolute atomic E-state index is 12.5. The van der Waals surface area contributed by atoms with Gasteiger partial charge in [-0.3, -0.25) is 9.35 Å². The van der Waals surface area contributed by atoms with Crippen LogP contribution in [0.15, 0.2) is 36.5 Å². The zero-order chi connectivity index (χ0) is 36.8. The van der Waals surface area contributed by atoms with Crippen molar-refractivity contribution in [3.8, 4) is 0 Å². The second-order valence-electron chi connectivity index (χ2n) is 14.6. The molecular weight excluding hydrogens is 643 g/mol. The molecule has 0 fully saturated rings. The van der Waals surface area contributed by atoms with Gasteiger partial charge in [0.25, 0.3) is 10.1 Å². The highest BCUT2D eigenvalue weighted by Crippen LogP contribution is 2.15. The minimum Gasteiger partial charge on any atom is -0.387 e. The van der Waals surface area contributed by atoms with Gasteiger partial charge in [0.1, 0.15) is 0 Å². The first-order valence-corrected chi connectivity index (χ1v) is 22.8. The van der Waals surface area contributed by atoms with E-state index in [1.807, 2.05) is 0 Å². The van der Waals surface area contributed by atoms with E-state index in [1.165, 1.54) is 154 Å². The average molecular weight is 724 g/mol. The maximum Gasteiger partial charge on any atom is 0.267 e. The van der Waals surface area contributed by atoms with E-state index < -0.39 is 28.0 Å². The highest BCUT2D eigenvalue weighted by Gasteiger charge is 2.24. The lowest BCUT2D eigenvalue weighted by molar-refractivity contribution is -0.122. The molecule has 7 heteroatoms. The Morgan fingerprint density at radius 3 is 1.26 bits per heavy atom. The summed E-state index contributed by atoms with van der Waals surface area (Å²) in [7, 11) is -4.35. The predicted octanol–water partition coefficient (Wildman–Crippen LogP) is 12.5. The number of rotatable bonds is 38. The zero-order valence-electron chi connectivity index (χ0n) is 32.8. The Morgan fingerprint density at radius 2 is 0.860 bits per heavy atom. The van der Waals surface area contributed by atoms with Gasteiger partial charge in [0, 0.05) is 6.42 Å². The van der Waals surface area contributed by atoms with Crippen molar-refractivity contribution in [2.24, 2.45) is 0 Å². The fourth-order valence-electron chi connectivity index (χ4n) is 6.36. The van der Waals surface area contributed by atoms with Gasteiger partial charge >= 0.3 is 0 Å². The Hall–Kier alpha value is -1.44. The minimum atomic E-state index is -4.35. The largest absolute Gasteiger partial charge is 0.387 e. The van der Waals surface area contributed by atoms with Crippen molar-refractivity contribution < 1.29 is 22.9 Å². The number of carbonyl (C=O) groups is 1. The van der Waals surface area contributed by atoms with Crippen molar-refractivity contribution >= 4 is 16.0 Å². The van der Waals surface area contributed by atoms with Crippen LogP contribution in [-0.4, -0.2) is 41.9 Å². The van der Waals surface area contributed by atoms with Gasteiger partial charge in [-0.1, -0.05) is 198 Å². The van der Waals surface area contributed by atoms with Crippen molar-refractivity contribution in [3.05, 3.63) is 36.5 Å². The number of carbonyl (C=O) groups excluding carboxylic acids is 1. The number of aliphatic hydroxyl groups excluding tert-OH is 1. The van der Waals surface area contributed by atoms with E-state index in [0.717, 1.165) is 38.5 Å². The molecule has 0 aliphatic carbocycles. The topological polar surface area (TPSA) is 104 Å². The lowest BCUT2D eigenvalue weighted by Gasteiger charge is -2.21. The SMILES string of the molecule is CCCCCCCC/C=C/CC/C=C/CC/C=C/C(O)C(CS(=O)(=O)O)NC(=O)CCCCCCCCCCCCCCCCCCCCC. The third-order valence-electron chi connectivity index (χ3n) is 9.55. The standard InChI is InChI=1S/C43H81NO5S/c1-3-5-7-9-11-13-15-17-19-21-22-23-25-27-29-31-33-35-37-39-43(46)44-41(40-50(47,48)49)42(45)38-36-34-32-30-28-26-24-20-18-16-14-12-10-8-6-4-2/h18,20,28,30,36,38,41-42,45H,3-17,19,21-27,29,31-35,37,39-40H2,1-2H3,(H,44,46)(H,47,48,49)/b20-18+,30-28+,38-36+. The Bertz CT molecular complexity index is 930. The molecule has 6 nitrogen and oxygen atoms in total. The molecule has 0 saturated carbocycles. The monoisotopic (exact) mass is 724 g/mol. The Balaban J connectivity index is 3.94. The third kappa shape index (κ3) is 37.8. The van der Waals surface area contributed by atoms with E-state index in [9.17, 15) is 22.9 Å². The number of nitrogens with one attached hydrogen (secondary N) is 1. The fourth-order valence-corrected chi connectivity index (χ4v) is 7.10. The Kier molecular flexibility index (Phi) is 36.2. The maximum atomic E-state index is 12.5. The van der Waals surface area contributed by atoms with Gasteiger partial charge in [-0.25, -0.2) is 0 Å². The summed E-state index contributed by atoms with van der Waals surface area (Å²) in [5.41, 5.74) is 0. The molecule has 2 atom stereocenters. The van der Waals surface area contributed by atoms with Crippen LogP contribution in [0, 0.1) is 0 Å². The summed E-state index contributed by atoms with van der Waals surface area (Å²) in [6, 6.07) is -1.08. The first-order valence-electron chi connectivity index (χ1n) is 21.2. The molecule has 0 aliphatic rings. The smallest absolute Gasteiger partial charge is 0.267 e. The highest BCUT2D eigenvalue weighted by atomic mass is 32.2. The summed E-state index contributed by atoms with van der Waals surface area (Å²) >= 11 is 0. The quantitative estimate of drug-likeness (QED) is 0.0334. The second kappa shape index (κ2) is 37.3. The number of hydrogen-bond donors (Lipinski definition) is 3. The molecule has 0 aromatic carbocycles. The number of hydrogen-bond acceptors (Lipinski definition) is 4. The van der Waals surface area contributed by atoms with Crippen LogP contribution in [0.4, 0.5) is 0 Å². The summed E-state index contributed by atoms with van der Waals surface area (Å²) in [6.45, 7) is 4.52. The second-order valence-corrected chi connectivity index (χ2v) is 16.1. The van der Waals surface area contributed by atoms with E-state index in [-0.39, 0.29) is 12.3 Å². The summed E-state index contributed by atoms with van der Waals surface area (Å²) in [5, 5.41) is 13.2. The van der Waals surface area contributed by atoms with Crippen molar-refractivity contribution in [1.29, 1.82) is 0 Å². The molecule has 0 radical (unpaired) electrons. The molecule has 0 heterocycles. The van der Waals surface area contributed by atoms with Crippen molar-refractivity contribution in [3.63, 3.8) is 0 Å². The normalized spacial score (nSPS) is 13.6. The number of allylic oxidation sites excluding steroid dienone is 5. The molecule has 0 rings (SSSR count). The molecule has 0 aromatic heterocycles. The van der Waals surface area contributed by atoms with Gasteiger partial charge in [-0.2, -0.15) is 8.42 Å². The summed E-state index contributed by atoms with van der Waals surface area (Å²) in [4.78, 5) is 12.5.